The van der Waals surface area contributed by atoms with E-state index in [1.165, 1.54) is 0 Å². The van der Waals surface area contributed by atoms with Gasteiger partial charge in [0, 0.05) is 13.5 Å². The van der Waals surface area contributed by atoms with Crippen molar-refractivity contribution in [1.29, 1.82) is 0 Å². The molecule has 0 unspecified atom stereocenters. The second kappa shape index (κ2) is 5.62. The minimum atomic E-state index is -0.334. The quantitative estimate of drug-likeness (QED) is 0.803. The molecule has 2 aromatic rings. The highest BCUT2D eigenvalue weighted by atomic mass is 16.1. The molecule has 1 heterocycles. The van der Waals surface area contributed by atoms with E-state index in [4.69, 9.17) is 0 Å². The van der Waals surface area contributed by atoms with Crippen molar-refractivity contribution in [3.8, 4) is 5.69 Å². The molecular formula is C13H17N5O. The molecule has 0 aliphatic heterocycles. The van der Waals surface area contributed by atoms with Crippen LogP contribution in [0.4, 0.5) is 5.95 Å². The average molecular weight is 259 g/mol. The first-order valence-electron chi connectivity index (χ1n) is 6.16. The molecule has 0 saturated carbocycles. The molecule has 0 amide bonds. The van der Waals surface area contributed by atoms with Crippen LogP contribution in [0.25, 0.3) is 5.69 Å². The van der Waals surface area contributed by atoms with Gasteiger partial charge in [0.25, 0.3) is 0 Å². The zero-order valence-electron chi connectivity index (χ0n) is 11.3. The second-order valence-corrected chi connectivity index (χ2v) is 4.10. The van der Waals surface area contributed by atoms with Crippen LogP contribution in [-0.4, -0.2) is 21.6 Å². The van der Waals surface area contributed by atoms with Crippen LogP contribution in [0.3, 0.4) is 0 Å². The summed E-state index contributed by atoms with van der Waals surface area (Å²) in [6.45, 7) is 3.92. The lowest BCUT2D eigenvalue weighted by Gasteiger charge is -2.13. The van der Waals surface area contributed by atoms with E-state index in [1.54, 1.807) is 11.6 Å². The predicted octanol–water partition coefficient (Wildman–Crippen LogP) is 1.04. The molecule has 0 radical (unpaired) electrons. The topological polar surface area (TPSA) is 71.8 Å². The summed E-state index contributed by atoms with van der Waals surface area (Å²) in [7, 11) is 1.70. The highest BCUT2D eigenvalue weighted by Crippen LogP contribution is 2.13. The first-order chi connectivity index (χ1) is 9.17. The number of anilines is 1. The van der Waals surface area contributed by atoms with E-state index in [0.29, 0.717) is 12.2 Å². The summed E-state index contributed by atoms with van der Waals surface area (Å²) in [6.07, 6.45) is 0.643. The third kappa shape index (κ3) is 2.63. The number of hydrogen-bond donors (Lipinski definition) is 2. The number of nitrogens with one attached hydrogen (secondary N) is 2. The normalized spacial score (nSPS) is 10.5. The highest BCUT2D eigenvalue weighted by molar-refractivity contribution is 5.41. The van der Waals surface area contributed by atoms with Crippen LogP contribution < -0.4 is 16.5 Å². The van der Waals surface area contributed by atoms with Gasteiger partial charge in [0.05, 0.1) is 5.69 Å². The van der Waals surface area contributed by atoms with E-state index in [1.807, 2.05) is 38.1 Å². The monoisotopic (exact) mass is 259 g/mol. The van der Waals surface area contributed by atoms with Gasteiger partial charge in [0.2, 0.25) is 5.95 Å². The average Bonchev–Trinajstić information content (AvgIpc) is 2.40. The van der Waals surface area contributed by atoms with Gasteiger partial charge in [-0.3, -0.25) is 5.43 Å². The number of hydrazine groups is 1. The van der Waals surface area contributed by atoms with Crippen molar-refractivity contribution in [2.75, 3.05) is 12.5 Å². The molecular weight excluding hydrogens is 242 g/mol. The molecule has 0 saturated heterocycles. The Morgan fingerprint density at radius 3 is 2.63 bits per heavy atom. The van der Waals surface area contributed by atoms with Crippen molar-refractivity contribution in [2.24, 2.45) is 0 Å². The van der Waals surface area contributed by atoms with Crippen molar-refractivity contribution in [3.05, 3.63) is 46.1 Å². The summed E-state index contributed by atoms with van der Waals surface area (Å²) < 4.78 is 1.55. The van der Waals surface area contributed by atoms with Gasteiger partial charge in [-0.05, 0) is 18.6 Å². The van der Waals surface area contributed by atoms with Gasteiger partial charge in [-0.1, -0.05) is 25.1 Å². The molecule has 1 aromatic heterocycles. The Morgan fingerprint density at radius 2 is 2.00 bits per heavy atom. The van der Waals surface area contributed by atoms with Crippen molar-refractivity contribution >= 4 is 5.95 Å². The van der Waals surface area contributed by atoms with Crippen LogP contribution in [0, 0.1) is 6.92 Å². The van der Waals surface area contributed by atoms with E-state index >= 15 is 0 Å². The Balaban J connectivity index is 2.64. The summed E-state index contributed by atoms with van der Waals surface area (Å²) in [4.78, 5) is 20.4. The predicted molar refractivity (Wildman–Crippen MR) is 74.4 cm³/mol. The van der Waals surface area contributed by atoms with Gasteiger partial charge >= 0.3 is 5.69 Å². The summed E-state index contributed by atoms with van der Waals surface area (Å²) in [6, 6.07) is 7.69. The van der Waals surface area contributed by atoms with E-state index in [0.717, 1.165) is 11.3 Å². The van der Waals surface area contributed by atoms with Gasteiger partial charge < -0.3 is 0 Å². The number of para-hydroxylation sites is 1. The number of aromatic nitrogens is 3. The summed E-state index contributed by atoms with van der Waals surface area (Å²) in [5, 5.41) is 0. The zero-order valence-corrected chi connectivity index (χ0v) is 11.3. The molecule has 2 N–H and O–H groups in total. The summed E-state index contributed by atoms with van der Waals surface area (Å²) in [5.74, 6) is 0.959. The van der Waals surface area contributed by atoms with Crippen molar-refractivity contribution in [2.45, 2.75) is 20.3 Å². The zero-order chi connectivity index (χ0) is 13.8. The van der Waals surface area contributed by atoms with Crippen LogP contribution >= 0.6 is 0 Å². The summed E-state index contributed by atoms with van der Waals surface area (Å²) >= 11 is 0. The van der Waals surface area contributed by atoms with Gasteiger partial charge in [-0.15, -0.1) is 0 Å². The molecule has 0 fully saturated rings. The third-order valence-corrected chi connectivity index (χ3v) is 2.80. The Morgan fingerprint density at radius 1 is 1.26 bits per heavy atom. The van der Waals surface area contributed by atoms with Crippen LogP contribution in [0.15, 0.2) is 29.1 Å². The maximum Gasteiger partial charge on any atom is 0.356 e. The number of hydrogen-bond acceptors (Lipinski definition) is 5. The number of rotatable bonds is 4. The first kappa shape index (κ1) is 13.2. The molecule has 100 valence electrons. The molecule has 0 aliphatic rings. The lowest BCUT2D eigenvalue weighted by molar-refractivity contribution is 0.758. The molecule has 19 heavy (non-hydrogen) atoms. The Hall–Kier alpha value is -2.21. The molecule has 0 spiro atoms. The fraction of sp³-hybridized carbons (Fsp3) is 0.308. The van der Waals surface area contributed by atoms with Crippen LogP contribution in [0.1, 0.15) is 18.3 Å². The molecule has 0 bridgehead atoms. The molecule has 0 aliphatic carbocycles. The molecule has 6 nitrogen and oxygen atoms in total. The third-order valence-electron chi connectivity index (χ3n) is 2.80. The number of nitrogens with zero attached hydrogens (tertiary/aromatic N) is 3. The molecule has 2 rings (SSSR count). The second-order valence-electron chi connectivity index (χ2n) is 4.10. The van der Waals surface area contributed by atoms with Gasteiger partial charge in [-0.2, -0.15) is 9.97 Å². The minimum Gasteiger partial charge on any atom is -0.290 e. The van der Waals surface area contributed by atoms with Crippen LogP contribution in [0.2, 0.25) is 0 Å². The maximum atomic E-state index is 12.2. The van der Waals surface area contributed by atoms with Gasteiger partial charge in [-0.25, -0.2) is 14.8 Å². The largest absolute Gasteiger partial charge is 0.356 e. The lowest BCUT2D eigenvalue weighted by atomic mass is 10.2. The lowest BCUT2D eigenvalue weighted by Crippen LogP contribution is -2.30. The number of benzene rings is 1. The van der Waals surface area contributed by atoms with E-state index in [2.05, 4.69) is 20.8 Å². The Bertz CT molecular complexity index is 635. The highest BCUT2D eigenvalue weighted by Gasteiger charge is 2.11. The standard InChI is InChI=1S/C13H17N5O/c1-4-11-15-12(17-14-3)16-13(19)18(11)10-8-6-5-7-9(10)2/h5-8,14H,4H2,1-3H3,(H,16,17,19). The van der Waals surface area contributed by atoms with Crippen molar-refractivity contribution in [1.82, 2.24) is 20.0 Å². The van der Waals surface area contributed by atoms with Crippen molar-refractivity contribution in [3.63, 3.8) is 0 Å². The smallest absolute Gasteiger partial charge is 0.290 e. The van der Waals surface area contributed by atoms with E-state index in [9.17, 15) is 4.79 Å². The Labute approximate surface area is 111 Å². The van der Waals surface area contributed by atoms with Crippen LogP contribution in [0.5, 0.6) is 0 Å². The van der Waals surface area contributed by atoms with Gasteiger partial charge in [0.15, 0.2) is 0 Å². The maximum absolute atomic E-state index is 12.2. The Kier molecular flexibility index (Phi) is 3.91. The number of aryl methyl sites for hydroxylation is 2. The SMILES string of the molecule is CCc1nc(NNC)nc(=O)n1-c1ccccc1C. The van der Waals surface area contributed by atoms with E-state index in [-0.39, 0.29) is 11.6 Å². The fourth-order valence-corrected chi connectivity index (χ4v) is 1.91. The molecule has 6 heteroatoms. The molecule has 0 atom stereocenters. The van der Waals surface area contributed by atoms with E-state index < -0.39 is 0 Å². The minimum absolute atomic E-state index is 0.286. The van der Waals surface area contributed by atoms with Gasteiger partial charge in [0.1, 0.15) is 5.82 Å². The van der Waals surface area contributed by atoms with Crippen LogP contribution in [-0.2, 0) is 6.42 Å². The van der Waals surface area contributed by atoms with Crippen molar-refractivity contribution < 1.29 is 0 Å². The summed E-state index contributed by atoms with van der Waals surface area (Å²) in [5.41, 5.74) is 6.94. The fourth-order valence-electron chi connectivity index (χ4n) is 1.91. The first-order valence-corrected chi connectivity index (χ1v) is 6.16. The molecule has 1 aromatic carbocycles.